The number of amides is 1. The quantitative estimate of drug-likeness (QED) is 0.770. The van der Waals surface area contributed by atoms with Crippen LogP contribution in [0.4, 0.5) is 5.69 Å². The van der Waals surface area contributed by atoms with Crippen molar-refractivity contribution in [3.05, 3.63) is 28.8 Å². The number of rotatable bonds is 1. The van der Waals surface area contributed by atoms with Gasteiger partial charge < -0.3 is 4.90 Å². The molecule has 0 unspecified atom stereocenters. The largest absolute Gasteiger partial charge is 0.315 e. The number of fused-ring (bicyclic) bond motifs is 1. The van der Waals surface area contributed by atoms with Gasteiger partial charge in [0.2, 0.25) is 5.91 Å². The molecule has 0 spiro atoms. The Kier molecular flexibility index (Phi) is 3.99. The van der Waals surface area contributed by atoms with Crippen molar-refractivity contribution in [3.8, 4) is 0 Å². The Morgan fingerprint density at radius 2 is 2.14 bits per heavy atom. The first kappa shape index (κ1) is 15.8. The molecule has 22 heavy (non-hydrogen) atoms. The second kappa shape index (κ2) is 5.54. The van der Waals surface area contributed by atoms with Gasteiger partial charge in [-0.05, 0) is 24.6 Å². The minimum Gasteiger partial charge on any atom is -0.315 e. The first-order chi connectivity index (χ1) is 10.3. The maximum absolute atomic E-state index is 11.9. The van der Waals surface area contributed by atoms with Gasteiger partial charge in [0.1, 0.15) is 0 Å². The monoisotopic (exact) mass is 358 g/mol. The van der Waals surface area contributed by atoms with Gasteiger partial charge in [0.05, 0.1) is 17.5 Å². The predicted molar refractivity (Wildman–Crippen MR) is 90.6 cm³/mol. The minimum absolute atomic E-state index is 0.0769. The Hall–Kier alpha value is -1.05. The number of halogens is 1. The van der Waals surface area contributed by atoms with Gasteiger partial charge in [-0.25, -0.2) is 8.42 Å². The van der Waals surface area contributed by atoms with Crippen molar-refractivity contribution in [2.24, 2.45) is 4.99 Å². The SMILES string of the molecule is CC(=O)N=C1S[C@H]2CS(=O)(=O)C[C@H]2N1c1cc(Cl)ccc1C. The number of aryl methyl sites for hydroxylation is 1. The van der Waals surface area contributed by atoms with Crippen LogP contribution in [0.3, 0.4) is 0 Å². The standard InChI is InChI=1S/C14H15ClN2O3S2/c1-8-3-4-10(15)5-11(8)17-12-6-22(19,20)7-13(12)21-14(17)16-9(2)18/h3-5,12-13H,6-7H2,1-2H3/t12-,13+/m1/s1. The van der Waals surface area contributed by atoms with Gasteiger partial charge in [-0.1, -0.05) is 29.4 Å². The number of aliphatic imine (C=N–C) groups is 1. The lowest BCUT2D eigenvalue weighted by Crippen LogP contribution is -2.38. The molecule has 8 heteroatoms. The second-order valence-corrected chi connectivity index (χ2v) is 9.31. The van der Waals surface area contributed by atoms with E-state index >= 15 is 0 Å². The van der Waals surface area contributed by atoms with E-state index in [9.17, 15) is 13.2 Å². The first-order valence-corrected chi connectivity index (χ1v) is 9.86. The molecule has 0 bridgehead atoms. The number of amidine groups is 1. The van der Waals surface area contributed by atoms with Crippen molar-refractivity contribution in [2.75, 3.05) is 16.4 Å². The van der Waals surface area contributed by atoms with Crippen molar-refractivity contribution in [2.45, 2.75) is 25.1 Å². The third-order valence-electron chi connectivity index (χ3n) is 3.75. The fourth-order valence-corrected chi connectivity index (χ4v) is 6.94. The number of hydrogen-bond donors (Lipinski definition) is 0. The molecule has 118 valence electrons. The topological polar surface area (TPSA) is 66.8 Å². The predicted octanol–water partition coefficient (Wildman–Crippen LogP) is 2.27. The van der Waals surface area contributed by atoms with E-state index in [2.05, 4.69) is 4.99 Å². The second-order valence-electron chi connectivity index (χ2n) is 5.51. The van der Waals surface area contributed by atoms with E-state index in [0.29, 0.717) is 10.2 Å². The summed E-state index contributed by atoms with van der Waals surface area (Å²) >= 11 is 7.45. The lowest BCUT2D eigenvalue weighted by molar-refractivity contribution is -0.115. The molecule has 0 aliphatic carbocycles. The molecule has 0 N–H and O–H groups in total. The van der Waals surface area contributed by atoms with Gasteiger partial charge in [-0.2, -0.15) is 4.99 Å². The van der Waals surface area contributed by atoms with Crippen molar-refractivity contribution in [1.82, 2.24) is 0 Å². The van der Waals surface area contributed by atoms with Gasteiger partial charge in [0, 0.05) is 22.9 Å². The number of sulfone groups is 1. The lowest BCUT2D eigenvalue weighted by Gasteiger charge is -2.26. The molecular formula is C14H15ClN2O3S2. The summed E-state index contributed by atoms with van der Waals surface area (Å²) < 4.78 is 23.9. The van der Waals surface area contributed by atoms with Crippen LogP contribution in [0.25, 0.3) is 0 Å². The molecule has 0 saturated carbocycles. The van der Waals surface area contributed by atoms with E-state index in [0.717, 1.165) is 11.3 Å². The highest BCUT2D eigenvalue weighted by molar-refractivity contribution is 8.16. The molecule has 2 heterocycles. The van der Waals surface area contributed by atoms with E-state index in [1.165, 1.54) is 18.7 Å². The molecule has 5 nitrogen and oxygen atoms in total. The first-order valence-electron chi connectivity index (χ1n) is 6.78. The summed E-state index contributed by atoms with van der Waals surface area (Å²) in [7, 11) is -3.06. The zero-order valence-corrected chi connectivity index (χ0v) is 14.5. The van der Waals surface area contributed by atoms with E-state index < -0.39 is 9.84 Å². The molecule has 2 aliphatic rings. The summed E-state index contributed by atoms with van der Waals surface area (Å²) in [5, 5.41) is 1.03. The van der Waals surface area contributed by atoms with Gasteiger partial charge in [-0.15, -0.1) is 0 Å². The lowest BCUT2D eigenvalue weighted by atomic mass is 10.1. The van der Waals surface area contributed by atoms with Crippen molar-refractivity contribution in [1.29, 1.82) is 0 Å². The molecule has 2 atom stereocenters. The minimum atomic E-state index is -3.06. The van der Waals surface area contributed by atoms with Crippen molar-refractivity contribution >= 4 is 50.0 Å². The molecule has 0 aromatic heterocycles. The fraction of sp³-hybridized carbons (Fsp3) is 0.429. The smallest absolute Gasteiger partial charge is 0.244 e. The zero-order chi connectivity index (χ0) is 16.1. The van der Waals surface area contributed by atoms with E-state index in [1.54, 1.807) is 12.1 Å². The van der Waals surface area contributed by atoms with Crippen LogP contribution >= 0.6 is 23.4 Å². The van der Waals surface area contributed by atoms with Crippen LogP contribution < -0.4 is 4.90 Å². The number of carbonyl (C=O) groups excluding carboxylic acids is 1. The van der Waals surface area contributed by atoms with Crippen molar-refractivity contribution in [3.63, 3.8) is 0 Å². The molecule has 0 radical (unpaired) electrons. The van der Waals surface area contributed by atoms with Gasteiger partial charge in [0.15, 0.2) is 15.0 Å². The van der Waals surface area contributed by atoms with Crippen LogP contribution in [0.5, 0.6) is 0 Å². The van der Waals surface area contributed by atoms with Crippen LogP contribution in [-0.4, -0.2) is 42.3 Å². The maximum Gasteiger partial charge on any atom is 0.244 e. The average Bonchev–Trinajstić information content (AvgIpc) is 2.83. The molecule has 1 aromatic rings. The van der Waals surface area contributed by atoms with Crippen LogP contribution in [0, 0.1) is 6.92 Å². The highest BCUT2D eigenvalue weighted by Crippen LogP contribution is 2.42. The number of nitrogens with zero attached hydrogens (tertiary/aromatic N) is 2. The van der Waals surface area contributed by atoms with E-state index in [4.69, 9.17) is 11.6 Å². The fourth-order valence-electron chi connectivity index (χ4n) is 2.82. The Morgan fingerprint density at radius 3 is 2.82 bits per heavy atom. The van der Waals surface area contributed by atoms with Crippen LogP contribution in [0.15, 0.2) is 23.2 Å². The highest BCUT2D eigenvalue weighted by Gasteiger charge is 2.49. The summed E-state index contributed by atoms with van der Waals surface area (Å²) in [5.74, 6) is -0.0989. The Labute approximate surface area is 138 Å². The third kappa shape index (κ3) is 2.89. The summed E-state index contributed by atoms with van der Waals surface area (Å²) in [4.78, 5) is 17.3. The average molecular weight is 359 g/mol. The summed E-state index contributed by atoms with van der Waals surface area (Å²) in [5.41, 5.74) is 1.77. The number of carbonyl (C=O) groups is 1. The Balaban J connectivity index is 2.10. The van der Waals surface area contributed by atoms with E-state index in [1.807, 2.05) is 17.9 Å². The van der Waals surface area contributed by atoms with Gasteiger partial charge >= 0.3 is 0 Å². The molecule has 2 aliphatic heterocycles. The van der Waals surface area contributed by atoms with Crippen LogP contribution in [-0.2, 0) is 14.6 Å². The van der Waals surface area contributed by atoms with Crippen LogP contribution in [0.2, 0.25) is 5.02 Å². The summed E-state index contributed by atoms with van der Waals surface area (Å²) in [6.45, 7) is 3.32. The number of thioether (sulfide) groups is 1. The Bertz CT molecular complexity index is 776. The third-order valence-corrected chi connectivity index (χ3v) is 7.20. The normalized spacial score (nSPS) is 28.1. The molecule has 1 amide bonds. The number of benzene rings is 1. The van der Waals surface area contributed by atoms with Gasteiger partial charge in [0.25, 0.3) is 0 Å². The molecular weight excluding hydrogens is 344 g/mol. The van der Waals surface area contributed by atoms with Crippen LogP contribution in [0.1, 0.15) is 12.5 Å². The molecule has 2 fully saturated rings. The summed E-state index contributed by atoms with van der Waals surface area (Å²) in [6.07, 6.45) is 0. The molecule has 1 aromatic carbocycles. The van der Waals surface area contributed by atoms with Crippen molar-refractivity contribution < 1.29 is 13.2 Å². The molecule has 3 rings (SSSR count). The number of hydrogen-bond acceptors (Lipinski definition) is 4. The Morgan fingerprint density at radius 1 is 1.41 bits per heavy atom. The molecule has 2 saturated heterocycles. The van der Waals surface area contributed by atoms with Gasteiger partial charge in [-0.3, -0.25) is 4.79 Å². The highest BCUT2D eigenvalue weighted by atomic mass is 35.5. The zero-order valence-electron chi connectivity index (χ0n) is 12.1. The maximum atomic E-state index is 11.9. The van der Waals surface area contributed by atoms with E-state index in [-0.39, 0.29) is 28.7 Å². The summed E-state index contributed by atoms with van der Waals surface area (Å²) in [6, 6.07) is 5.25. The number of anilines is 1.